The number of hydrogen-bond acceptors (Lipinski definition) is 8. The summed E-state index contributed by atoms with van der Waals surface area (Å²) in [4.78, 5) is 14.4. The van der Waals surface area contributed by atoms with Gasteiger partial charge in [0.1, 0.15) is 24.2 Å². The quantitative estimate of drug-likeness (QED) is 0.290. The molecule has 32 heavy (non-hydrogen) atoms. The summed E-state index contributed by atoms with van der Waals surface area (Å²) in [6.45, 7) is 0.300. The Hall–Kier alpha value is -3.53. The van der Waals surface area contributed by atoms with Crippen LogP contribution in [0.3, 0.4) is 0 Å². The van der Waals surface area contributed by atoms with Crippen molar-refractivity contribution >= 4 is 5.69 Å². The monoisotopic (exact) mass is 439 g/mol. The van der Waals surface area contributed by atoms with E-state index in [4.69, 9.17) is 9.47 Å². The summed E-state index contributed by atoms with van der Waals surface area (Å²) in [5.74, 6) is 1.02. The molecule has 0 aliphatic rings. The second kappa shape index (κ2) is 11.8. The van der Waals surface area contributed by atoms with Gasteiger partial charge >= 0.3 is 5.69 Å². The molecule has 2 atom stereocenters. The normalized spacial score (nSPS) is 12.7. The van der Waals surface area contributed by atoms with Crippen molar-refractivity contribution < 1.29 is 24.6 Å². The number of ether oxygens (including phenoxy) is 2. The van der Waals surface area contributed by atoms with Crippen molar-refractivity contribution in [3.05, 3.63) is 88.6 Å². The Kier molecular flexibility index (Phi) is 8.50. The van der Waals surface area contributed by atoms with E-state index < -0.39 is 11.0 Å². The molecule has 2 aromatic carbocycles. The maximum Gasteiger partial charge on any atom is 0.331 e. The zero-order valence-electron chi connectivity index (χ0n) is 17.3. The van der Waals surface area contributed by atoms with Crippen LogP contribution >= 0.6 is 0 Å². The molecule has 9 nitrogen and oxygen atoms in total. The average molecular weight is 439 g/mol. The Morgan fingerprint density at radius 3 is 2.47 bits per heavy atom. The molecule has 0 saturated carbocycles. The summed E-state index contributed by atoms with van der Waals surface area (Å²) in [6.07, 6.45) is 1.22. The third-order valence-electron chi connectivity index (χ3n) is 4.62. The summed E-state index contributed by atoms with van der Waals surface area (Å²) in [7, 11) is 0. The van der Waals surface area contributed by atoms with E-state index in [-0.39, 0.29) is 37.4 Å². The van der Waals surface area contributed by atoms with Gasteiger partial charge in [0.2, 0.25) is 0 Å². The molecule has 0 bridgehead atoms. The van der Waals surface area contributed by atoms with Crippen LogP contribution in [0.1, 0.15) is 5.56 Å². The summed E-state index contributed by atoms with van der Waals surface area (Å²) in [6, 6.07) is 18.8. The summed E-state index contributed by atoms with van der Waals surface area (Å²) in [5.41, 5.74) is 0.713. The molecule has 3 aromatic rings. The number of aromatic nitrogens is 1. The van der Waals surface area contributed by atoms with Gasteiger partial charge in [-0.1, -0.05) is 30.3 Å². The van der Waals surface area contributed by atoms with Crippen LogP contribution in [-0.4, -0.2) is 52.0 Å². The van der Waals surface area contributed by atoms with Gasteiger partial charge in [0.15, 0.2) is 0 Å². The highest BCUT2D eigenvalue weighted by Gasteiger charge is 2.17. The highest BCUT2D eigenvalue weighted by molar-refractivity contribution is 5.43. The molecular formula is C23H25N3O6. The second-order valence-corrected chi connectivity index (χ2v) is 7.10. The fourth-order valence-electron chi connectivity index (χ4n) is 2.96. The van der Waals surface area contributed by atoms with Gasteiger partial charge in [0.05, 0.1) is 11.5 Å². The van der Waals surface area contributed by atoms with E-state index in [1.807, 2.05) is 42.5 Å². The number of nitrogens with one attached hydrogen (secondary N) is 1. The van der Waals surface area contributed by atoms with Gasteiger partial charge in [-0.3, -0.25) is 10.1 Å². The molecule has 0 unspecified atom stereocenters. The number of rotatable bonds is 12. The summed E-state index contributed by atoms with van der Waals surface area (Å²) < 4.78 is 11.1. The van der Waals surface area contributed by atoms with Gasteiger partial charge in [-0.2, -0.15) is 0 Å². The molecule has 0 aliphatic carbocycles. The minimum Gasteiger partial charge on any atom is -0.491 e. The standard InChI is InChI=1S/C23H25N3O6/c27-15-18(25-14-19(28)16-31-20-5-2-1-3-6-20)13-17-8-10-21(11-9-17)32-23-22(26(29)30)7-4-12-24-23/h1-12,18-19,25,27-28H,13-16H2/t18-,19-/m0/s1. The van der Waals surface area contributed by atoms with E-state index in [2.05, 4.69) is 10.3 Å². The van der Waals surface area contributed by atoms with Crippen LogP contribution in [0.5, 0.6) is 17.4 Å². The molecule has 0 saturated heterocycles. The number of benzene rings is 2. The van der Waals surface area contributed by atoms with Crippen molar-refractivity contribution in [2.75, 3.05) is 19.8 Å². The van der Waals surface area contributed by atoms with Crippen molar-refractivity contribution in [1.82, 2.24) is 10.3 Å². The topological polar surface area (TPSA) is 127 Å². The molecule has 3 rings (SSSR count). The summed E-state index contributed by atoms with van der Waals surface area (Å²) >= 11 is 0. The lowest BCUT2D eigenvalue weighted by Gasteiger charge is -2.19. The molecule has 0 spiro atoms. The van der Waals surface area contributed by atoms with Crippen LogP contribution in [0.2, 0.25) is 0 Å². The highest BCUT2D eigenvalue weighted by atomic mass is 16.6. The minimum atomic E-state index is -0.728. The number of aliphatic hydroxyl groups excluding tert-OH is 2. The van der Waals surface area contributed by atoms with Crippen LogP contribution in [0, 0.1) is 10.1 Å². The molecule has 0 radical (unpaired) electrons. The average Bonchev–Trinajstić information content (AvgIpc) is 2.82. The Labute approximate surface area is 185 Å². The third kappa shape index (κ3) is 7.02. The van der Waals surface area contributed by atoms with Crippen LogP contribution in [0.25, 0.3) is 0 Å². The van der Waals surface area contributed by atoms with Crippen LogP contribution in [0.15, 0.2) is 72.9 Å². The lowest BCUT2D eigenvalue weighted by Crippen LogP contribution is -2.41. The largest absolute Gasteiger partial charge is 0.491 e. The number of hydrogen-bond donors (Lipinski definition) is 3. The lowest BCUT2D eigenvalue weighted by molar-refractivity contribution is -0.386. The van der Waals surface area contributed by atoms with Crippen molar-refractivity contribution in [2.24, 2.45) is 0 Å². The molecule has 1 heterocycles. The van der Waals surface area contributed by atoms with Crippen LogP contribution in [-0.2, 0) is 6.42 Å². The van der Waals surface area contributed by atoms with E-state index in [1.165, 1.54) is 18.3 Å². The summed E-state index contributed by atoms with van der Waals surface area (Å²) in [5, 5.41) is 34.0. The fraction of sp³-hybridized carbons (Fsp3) is 0.261. The van der Waals surface area contributed by atoms with Gasteiger partial charge < -0.3 is 25.0 Å². The van der Waals surface area contributed by atoms with E-state index >= 15 is 0 Å². The van der Waals surface area contributed by atoms with Crippen molar-refractivity contribution in [1.29, 1.82) is 0 Å². The first-order valence-electron chi connectivity index (χ1n) is 10.1. The lowest BCUT2D eigenvalue weighted by atomic mass is 10.1. The number of nitrogens with zero attached hydrogens (tertiary/aromatic N) is 2. The highest BCUT2D eigenvalue weighted by Crippen LogP contribution is 2.28. The zero-order valence-corrected chi connectivity index (χ0v) is 17.3. The molecule has 0 aliphatic heterocycles. The molecular weight excluding hydrogens is 414 g/mol. The first-order chi connectivity index (χ1) is 15.5. The smallest absolute Gasteiger partial charge is 0.331 e. The van der Waals surface area contributed by atoms with Crippen LogP contribution in [0.4, 0.5) is 5.69 Å². The van der Waals surface area contributed by atoms with Gasteiger partial charge in [-0.05, 0) is 42.3 Å². The first kappa shape index (κ1) is 23.1. The van der Waals surface area contributed by atoms with Crippen molar-refractivity contribution in [3.8, 4) is 17.4 Å². The number of pyridine rings is 1. The van der Waals surface area contributed by atoms with E-state index in [1.54, 1.807) is 12.1 Å². The SMILES string of the molecule is O=[N+]([O-])c1cccnc1Oc1ccc(C[C@@H](CO)NC[C@H](O)COc2ccccc2)cc1. The Balaban J connectivity index is 1.48. The van der Waals surface area contributed by atoms with Gasteiger partial charge in [0, 0.05) is 24.8 Å². The third-order valence-corrected chi connectivity index (χ3v) is 4.62. The van der Waals surface area contributed by atoms with Crippen molar-refractivity contribution in [3.63, 3.8) is 0 Å². The molecule has 0 amide bonds. The van der Waals surface area contributed by atoms with Gasteiger partial charge in [-0.25, -0.2) is 4.98 Å². The van der Waals surface area contributed by atoms with E-state index in [0.717, 1.165) is 5.56 Å². The van der Waals surface area contributed by atoms with E-state index in [0.29, 0.717) is 17.9 Å². The van der Waals surface area contributed by atoms with Crippen molar-refractivity contribution in [2.45, 2.75) is 18.6 Å². The van der Waals surface area contributed by atoms with Gasteiger partial charge in [-0.15, -0.1) is 0 Å². The second-order valence-electron chi connectivity index (χ2n) is 7.10. The molecule has 9 heteroatoms. The molecule has 3 N–H and O–H groups in total. The first-order valence-corrected chi connectivity index (χ1v) is 10.1. The molecule has 1 aromatic heterocycles. The number of aliphatic hydroxyl groups is 2. The number of para-hydroxylation sites is 1. The predicted octanol–water partition coefficient (Wildman–Crippen LogP) is 2.72. The maximum absolute atomic E-state index is 11.1. The minimum absolute atomic E-state index is 0.0770. The fourth-order valence-corrected chi connectivity index (χ4v) is 2.96. The van der Waals surface area contributed by atoms with E-state index in [9.17, 15) is 20.3 Å². The Morgan fingerprint density at radius 2 is 1.78 bits per heavy atom. The number of nitro groups is 1. The maximum atomic E-state index is 11.1. The molecule has 0 fully saturated rings. The Morgan fingerprint density at radius 1 is 1.03 bits per heavy atom. The molecule has 168 valence electrons. The van der Waals surface area contributed by atoms with Gasteiger partial charge in [0.25, 0.3) is 5.88 Å². The Bertz CT molecular complexity index is 985. The predicted molar refractivity (Wildman–Crippen MR) is 118 cm³/mol. The zero-order chi connectivity index (χ0) is 22.8. The van der Waals surface area contributed by atoms with Crippen LogP contribution < -0.4 is 14.8 Å².